The Bertz CT molecular complexity index is 1500. The van der Waals surface area contributed by atoms with Crippen molar-refractivity contribution in [2.24, 2.45) is 5.73 Å². The highest BCUT2D eigenvalue weighted by Gasteiger charge is 2.26. The minimum absolute atomic E-state index is 0.0237. The van der Waals surface area contributed by atoms with E-state index in [1.807, 2.05) is 0 Å². The van der Waals surface area contributed by atoms with Gasteiger partial charge in [0.05, 0.1) is 34.2 Å². The maximum absolute atomic E-state index is 14.9. The molecule has 0 bridgehead atoms. The quantitative estimate of drug-likeness (QED) is 0.391. The number of sulfone groups is 1. The minimum Gasteiger partial charge on any atom is -0.368 e. The molecule has 0 aliphatic carbocycles. The van der Waals surface area contributed by atoms with E-state index in [1.54, 1.807) is 36.5 Å². The molecule has 0 atom stereocenters. The zero-order valence-electron chi connectivity index (χ0n) is 17.1. The molecule has 4 aromatic rings. The number of hydrogen-bond donors (Lipinski definition) is 3. The third kappa shape index (κ3) is 3.84. The highest BCUT2D eigenvalue weighted by Crippen LogP contribution is 2.33. The van der Waals surface area contributed by atoms with E-state index in [9.17, 15) is 17.6 Å². The first kappa shape index (κ1) is 20.8. The number of carbonyl (C=O) groups excluding carboxylic acids is 1. The summed E-state index contributed by atoms with van der Waals surface area (Å²) in [7, 11) is -3.32. The summed E-state index contributed by atoms with van der Waals surface area (Å²) in [5.41, 5.74) is 7.79. The number of nitrogens with one attached hydrogen (secondary N) is 2. The second kappa shape index (κ2) is 7.81. The molecule has 1 aliphatic rings. The fourth-order valence-corrected chi connectivity index (χ4v) is 5.42. The Hall–Kier alpha value is -4.06. The van der Waals surface area contributed by atoms with Crippen LogP contribution in [0, 0.1) is 5.82 Å². The third-order valence-electron chi connectivity index (χ3n) is 5.35. The number of aromatic nitrogens is 4. The number of anilines is 4. The molecule has 10 nitrogen and oxygen atoms in total. The molecule has 0 fully saturated rings. The van der Waals surface area contributed by atoms with Gasteiger partial charge in [0.1, 0.15) is 6.54 Å². The van der Waals surface area contributed by atoms with E-state index in [2.05, 4.69) is 25.5 Å². The topological polar surface area (TPSA) is 147 Å². The van der Waals surface area contributed by atoms with Crippen LogP contribution in [0.15, 0.2) is 53.7 Å². The molecule has 12 heteroatoms. The van der Waals surface area contributed by atoms with Gasteiger partial charge in [0, 0.05) is 11.1 Å². The van der Waals surface area contributed by atoms with Crippen LogP contribution in [-0.4, -0.2) is 46.8 Å². The van der Waals surface area contributed by atoms with Crippen molar-refractivity contribution in [1.82, 2.24) is 20.2 Å². The van der Waals surface area contributed by atoms with E-state index in [-0.39, 0.29) is 29.0 Å². The predicted octanol–water partition coefficient (Wildman–Crippen LogP) is 2.19. The van der Waals surface area contributed by atoms with Crippen LogP contribution in [0.4, 0.5) is 27.5 Å². The first-order valence-corrected chi connectivity index (χ1v) is 11.6. The lowest BCUT2D eigenvalue weighted by Crippen LogP contribution is -2.31. The van der Waals surface area contributed by atoms with Crippen LogP contribution >= 0.6 is 0 Å². The van der Waals surface area contributed by atoms with Crippen molar-refractivity contribution in [3.63, 3.8) is 0 Å². The summed E-state index contributed by atoms with van der Waals surface area (Å²) in [4.78, 5) is 21.6. The molecule has 1 aliphatic heterocycles. The van der Waals surface area contributed by atoms with E-state index in [0.29, 0.717) is 28.7 Å². The summed E-state index contributed by atoms with van der Waals surface area (Å²) in [6.45, 7) is -0.339. The van der Waals surface area contributed by atoms with Crippen LogP contribution in [0.2, 0.25) is 0 Å². The number of benzene rings is 2. The van der Waals surface area contributed by atoms with Gasteiger partial charge in [0.25, 0.3) is 0 Å². The van der Waals surface area contributed by atoms with Crippen molar-refractivity contribution in [2.75, 3.05) is 22.5 Å². The zero-order valence-corrected chi connectivity index (χ0v) is 17.9. The smallest absolute Gasteiger partial charge is 0.237 e. The van der Waals surface area contributed by atoms with E-state index in [4.69, 9.17) is 5.73 Å². The molecule has 0 radical (unpaired) electrons. The Morgan fingerprint density at radius 1 is 1.24 bits per heavy atom. The van der Waals surface area contributed by atoms with Crippen molar-refractivity contribution in [2.45, 2.75) is 11.3 Å². The van der Waals surface area contributed by atoms with E-state index < -0.39 is 21.6 Å². The highest BCUT2D eigenvalue weighted by atomic mass is 32.2. The molecule has 1 amide bonds. The van der Waals surface area contributed by atoms with E-state index in [0.717, 1.165) is 11.8 Å². The van der Waals surface area contributed by atoms with Crippen molar-refractivity contribution in [1.29, 1.82) is 0 Å². The average molecular weight is 467 g/mol. The SMILES string of the molecule is NC(=O)CN(c1nc(Nc2ccc3c(c2)S(=O)(=O)CC3)ncc1F)c1cccc2[nH]ncc12. The number of aromatic amines is 1. The summed E-state index contributed by atoms with van der Waals surface area (Å²) in [5.74, 6) is -1.53. The summed E-state index contributed by atoms with van der Waals surface area (Å²) in [6, 6.07) is 10.2. The molecule has 0 saturated carbocycles. The van der Waals surface area contributed by atoms with Gasteiger partial charge in [-0.2, -0.15) is 10.1 Å². The van der Waals surface area contributed by atoms with Crippen LogP contribution in [-0.2, 0) is 21.1 Å². The number of halogens is 1. The Morgan fingerprint density at radius 2 is 2.09 bits per heavy atom. The molecule has 2 aromatic carbocycles. The second-order valence-corrected chi connectivity index (χ2v) is 9.62. The van der Waals surface area contributed by atoms with Crippen molar-refractivity contribution >= 4 is 49.8 Å². The van der Waals surface area contributed by atoms with Crippen LogP contribution in [0.3, 0.4) is 0 Å². The number of carbonyl (C=O) groups is 1. The number of fused-ring (bicyclic) bond motifs is 2. The van der Waals surface area contributed by atoms with Gasteiger partial charge in [-0.15, -0.1) is 0 Å². The van der Waals surface area contributed by atoms with Gasteiger partial charge in [0.2, 0.25) is 11.9 Å². The predicted molar refractivity (Wildman–Crippen MR) is 120 cm³/mol. The maximum atomic E-state index is 14.9. The van der Waals surface area contributed by atoms with Gasteiger partial charge in [-0.25, -0.2) is 17.8 Å². The maximum Gasteiger partial charge on any atom is 0.237 e. The van der Waals surface area contributed by atoms with Gasteiger partial charge < -0.3 is 16.0 Å². The normalized spacial score (nSPS) is 14.2. The summed E-state index contributed by atoms with van der Waals surface area (Å²) >= 11 is 0. The number of hydrogen-bond acceptors (Lipinski definition) is 8. The number of aryl methyl sites for hydroxylation is 1. The molecule has 33 heavy (non-hydrogen) atoms. The van der Waals surface area contributed by atoms with Gasteiger partial charge in [0.15, 0.2) is 21.5 Å². The molecule has 4 N–H and O–H groups in total. The van der Waals surface area contributed by atoms with Gasteiger partial charge in [-0.3, -0.25) is 9.89 Å². The van der Waals surface area contributed by atoms with Crippen molar-refractivity contribution in [3.8, 4) is 0 Å². The van der Waals surface area contributed by atoms with E-state index >= 15 is 0 Å². The van der Waals surface area contributed by atoms with E-state index in [1.165, 1.54) is 11.0 Å². The van der Waals surface area contributed by atoms with Crippen molar-refractivity contribution in [3.05, 3.63) is 60.2 Å². The molecule has 2 aromatic heterocycles. The largest absolute Gasteiger partial charge is 0.368 e. The van der Waals surface area contributed by atoms with Crippen LogP contribution in [0.5, 0.6) is 0 Å². The first-order chi connectivity index (χ1) is 15.8. The van der Waals surface area contributed by atoms with Gasteiger partial charge in [-0.05, 0) is 36.2 Å². The third-order valence-corrected chi connectivity index (χ3v) is 7.14. The molecular formula is C21H18FN7O3S. The lowest BCUT2D eigenvalue weighted by atomic mass is 10.1. The molecule has 0 spiro atoms. The summed E-state index contributed by atoms with van der Waals surface area (Å²) in [5, 5.41) is 10.4. The number of H-pyrrole nitrogens is 1. The average Bonchev–Trinajstić information content (AvgIpc) is 3.38. The Kier molecular flexibility index (Phi) is 4.93. The van der Waals surface area contributed by atoms with Gasteiger partial charge in [-0.1, -0.05) is 12.1 Å². The molecule has 3 heterocycles. The number of primary amides is 1. The van der Waals surface area contributed by atoms with Crippen LogP contribution < -0.4 is 16.0 Å². The molecule has 0 saturated heterocycles. The standard InChI is InChI=1S/C21H18FN7O3S/c22-15-10-24-21(26-13-5-4-12-6-7-33(31,32)18(12)8-13)27-20(15)29(11-19(23)30)17-3-1-2-16-14(17)9-25-28-16/h1-5,8-10H,6-7,11H2,(H2,23,30)(H,25,28)(H,24,26,27). The zero-order chi connectivity index (χ0) is 23.2. The Morgan fingerprint density at radius 3 is 2.91 bits per heavy atom. The summed E-state index contributed by atoms with van der Waals surface area (Å²) in [6.07, 6.45) is 3.00. The molecular weight excluding hydrogens is 449 g/mol. The van der Waals surface area contributed by atoms with Crippen LogP contribution in [0.25, 0.3) is 10.9 Å². The number of amides is 1. The summed E-state index contributed by atoms with van der Waals surface area (Å²) < 4.78 is 39.3. The fourth-order valence-electron chi connectivity index (χ4n) is 3.84. The second-order valence-electron chi connectivity index (χ2n) is 7.54. The Labute approximate surface area is 187 Å². The number of nitrogens with two attached hydrogens (primary N) is 1. The minimum atomic E-state index is -3.32. The van der Waals surface area contributed by atoms with Crippen LogP contribution in [0.1, 0.15) is 5.56 Å². The Balaban J connectivity index is 1.55. The molecule has 168 valence electrons. The first-order valence-electron chi connectivity index (χ1n) is 9.95. The molecule has 5 rings (SSSR count). The molecule has 0 unspecified atom stereocenters. The highest BCUT2D eigenvalue weighted by molar-refractivity contribution is 7.91. The number of rotatable bonds is 6. The fraction of sp³-hybridized carbons (Fsp3) is 0.143. The van der Waals surface area contributed by atoms with Crippen molar-refractivity contribution < 1.29 is 17.6 Å². The number of nitrogens with zero attached hydrogens (tertiary/aromatic N) is 4. The lowest BCUT2D eigenvalue weighted by Gasteiger charge is -2.23. The lowest BCUT2D eigenvalue weighted by molar-refractivity contribution is -0.116. The van der Waals surface area contributed by atoms with Gasteiger partial charge >= 0.3 is 0 Å². The monoisotopic (exact) mass is 467 g/mol.